The predicted octanol–water partition coefficient (Wildman–Crippen LogP) is 3.45. The minimum Gasteiger partial charge on any atom is -0.507 e. The van der Waals surface area contributed by atoms with Crippen molar-refractivity contribution in [2.45, 2.75) is 25.7 Å². The Bertz CT molecular complexity index is 1760. The quantitative estimate of drug-likeness (QED) is 0.269. The number of anilines is 1. The van der Waals surface area contributed by atoms with E-state index in [1.807, 2.05) is 0 Å². The minimum atomic E-state index is -1.36. The Morgan fingerprint density at radius 2 is 1.70 bits per heavy atom. The molecule has 1 heterocycles. The van der Waals surface area contributed by atoms with Gasteiger partial charge in [-0.3, -0.25) is 19.2 Å². The van der Waals surface area contributed by atoms with Crippen LogP contribution in [-0.2, 0) is 19.2 Å². The molecule has 4 unspecified atom stereocenters. The Balaban J connectivity index is 1.50. The summed E-state index contributed by atoms with van der Waals surface area (Å²) in [5.41, 5.74) is 1.16. The van der Waals surface area contributed by atoms with E-state index in [1.54, 1.807) is 19.1 Å². The molecule has 0 spiro atoms. The molecule has 0 radical (unpaired) electrons. The number of carboxylic acid groups (broad SMARTS) is 1. The van der Waals surface area contributed by atoms with Gasteiger partial charge in [0.15, 0.2) is 11.6 Å². The van der Waals surface area contributed by atoms with Gasteiger partial charge in [-0.25, -0.2) is 9.69 Å². The Morgan fingerprint density at radius 1 is 0.953 bits per heavy atom. The summed E-state index contributed by atoms with van der Waals surface area (Å²) in [6.07, 6.45) is 3.25. The summed E-state index contributed by atoms with van der Waals surface area (Å²) in [5.74, 6) is -6.80. The largest absolute Gasteiger partial charge is 0.507 e. The number of phenolic OH excluding ortho intramolecular Hbond substituents is 1. The van der Waals surface area contributed by atoms with Gasteiger partial charge in [0, 0.05) is 46.4 Å². The molecule has 0 bridgehead atoms. The lowest BCUT2D eigenvalue weighted by Crippen LogP contribution is -2.40. The third-order valence-corrected chi connectivity index (χ3v) is 8.87. The summed E-state index contributed by atoms with van der Waals surface area (Å²) in [4.78, 5) is 67.0. The molecule has 6 rings (SSSR count). The van der Waals surface area contributed by atoms with E-state index in [0.717, 1.165) is 17.0 Å². The van der Waals surface area contributed by atoms with Crippen LogP contribution in [0.2, 0.25) is 0 Å². The average Bonchev–Trinajstić information content (AvgIpc) is 3.23. The van der Waals surface area contributed by atoms with Gasteiger partial charge in [0.05, 0.1) is 31.7 Å². The molecule has 3 aliphatic carbocycles. The second kappa shape index (κ2) is 9.97. The molecule has 2 aromatic rings. The number of benzene rings is 2. The number of nitrogens with zero attached hydrogens (tertiary/aromatic N) is 1. The van der Waals surface area contributed by atoms with Crippen molar-refractivity contribution < 1.29 is 48.8 Å². The third-order valence-electron chi connectivity index (χ3n) is 8.87. The topological polar surface area (TPSA) is 168 Å². The van der Waals surface area contributed by atoms with Crippen molar-refractivity contribution >= 4 is 35.0 Å². The minimum absolute atomic E-state index is 0.0258. The summed E-state index contributed by atoms with van der Waals surface area (Å²) < 4.78 is 10.9. The molecule has 2 aromatic carbocycles. The van der Waals surface area contributed by atoms with Crippen LogP contribution in [0.3, 0.4) is 0 Å². The van der Waals surface area contributed by atoms with Gasteiger partial charge in [-0.2, -0.15) is 0 Å². The normalized spacial score (nSPS) is 24.7. The van der Waals surface area contributed by atoms with Crippen LogP contribution in [0.4, 0.5) is 5.69 Å². The summed E-state index contributed by atoms with van der Waals surface area (Å²) in [7, 11) is 2.83. The summed E-state index contributed by atoms with van der Waals surface area (Å²) in [6.45, 7) is 1.54. The van der Waals surface area contributed by atoms with Crippen molar-refractivity contribution in [3.8, 4) is 23.0 Å². The highest BCUT2D eigenvalue weighted by Crippen LogP contribution is 2.58. The monoisotopic (exact) mass is 585 g/mol. The van der Waals surface area contributed by atoms with Crippen LogP contribution in [0.15, 0.2) is 64.8 Å². The van der Waals surface area contributed by atoms with Gasteiger partial charge in [-0.15, -0.1) is 0 Å². The molecule has 3 N–H and O–H groups in total. The Hall–Kier alpha value is -5.19. The van der Waals surface area contributed by atoms with Gasteiger partial charge in [-0.05, 0) is 43.9 Å². The van der Waals surface area contributed by atoms with E-state index < -0.39 is 47.2 Å². The zero-order chi connectivity index (χ0) is 30.9. The van der Waals surface area contributed by atoms with Crippen LogP contribution in [0.1, 0.15) is 41.6 Å². The predicted molar refractivity (Wildman–Crippen MR) is 150 cm³/mol. The average molecular weight is 586 g/mol. The zero-order valence-electron chi connectivity index (χ0n) is 23.4. The Morgan fingerprint density at radius 3 is 2.35 bits per heavy atom. The number of amides is 2. The lowest BCUT2D eigenvalue weighted by atomic mass is 9.59. The molecule has 4 aliphatic rings. The van der Waals surface area contributed by atoms with Crippen molar-refractivity contribution in [3.05, 3.63) is 75.9 Å². The van der Waals surface area contributed by atoms with E-state index in [0.29, 0.717) is 11.3 Å². The number of hydrogen-bond donors (Lipinski definition) is 3. The lowest BCUT2D eigenvalue weighted by Gasteiger charge is -2.42. The van der Waals surface area contributed by atoms with Gasteiger partial charge in [0.1, 0.15) is 28.6 Å². The van der Waals surface area contributed by atoms with Gasteiger partial charge in [-0.1, -0.05) is 11.6 Å². The molecule has 2 amide bonds. The number of ketones is 2. The molecular formula is C32H27NO10. The van der Waals surface area contributed by atoms with Crippen LogP contribution in [0, 0.1) is 17.8 Å². The lowest BCUT2D eigenvalue weighted by molar-refractivity contribution is -0.123. The maximum atomic E-state index is 14.0. The molecule has 0 aromatic heterocycles. The molecule has 220 valence electrons. The number of carbonyl (C=O) groups is 5. The second-order valence-electron chi connectivity index (χ2n) is 11.0. The van der Waals surface area contributed by atoms with Gasteiger partial charge >= 0.3 is 5.97 Å². The molecular weight excluding hydrogens is 558 g/mol. The number of hydrogen-bond acceptors (Lipinski definition) is 9. The van der Waals surface area contributed by atoms with E-state index in [1.165, 1.54) is 32.4 Å². The van der Waals surface area contributed by atoms with Gasteiger partial charge in [0.2, 0.25) is 11.8 Å². The number of imide groups is 1. The number of carboxylic acids is 1. The molecule has 1 saturated heterocycles. The van der Waals surface area contributed by atoms with E-state index in [9.17, 15) is 39.3 Å². The van der Waals surface area contributed by atoms with Crippen LogP contribution in [0.25, 0.3) is 0 Å². The van der Waals surface area contributed by atoms with Gasteiger partial charge in [0.25, 0.3) is 0 Å². The van der Waals surface area contributed by atoms with Crippen molar-refractivity contribution in [3.63, 3.8) is 0 Å². The van der Waals surface area contributed by atoms with E-state index in [4.69, 9.17) is 9.47 Å². The van der Waals surface area contributed by atoms with Crippen molar-refractivity contribution in [2.24, 2.45) is 17.8 Å². The summed E-state index contributed by atoms with van der Waals surface area (Å²) in [6, 6.07) is 6.40. The number of methoxy groups -OCH3 is 2. The highest BCUT2D eigenvalue weighted by molar-refractivity contribution is 6.25. The molecule has 43 heavy (non-hydrogen) atoms. The number of carbonyl (C=O) groups excluding carboxylic acids is 4. The highest BCUT2D eigenvalue weighted by Gasteiger charge is 2.57. The van der Waals surface area contributed by atoms with Crippen LogP contribution in [-0.4, -0.2) is 58.9 Å². The number of rotatable bonds is 5. The SMILES string of the molecule is COc1cc(O)c(C2C3=CCC4C(=O)N(c5ccc(C(=O)O)c(O)c5)C(=O)C4C3CC3=C2C(=O)C=C(C)C3=O)c(OC)c1. The standard InChI is InChI=1S/C32H27NO10/c1-13-8-22(35)26-20(29(13)37)12-19-16(27(26)28-23(36)10-15(42-2)11-24(28)43-3)6-7-18-25(19)31(39)33(30(18)38)14-4-5-17(32(40)41)21(34)9-14/h4-6,8-11,18-19,25,27,34,36H,7,12H2,1-3H3,(H,40,41). The number of fused-ring (bicyclic) bond motifs is 3. The highest BCUT2D eigenvalue weighted by atomic mass is 16.5. The fourth-order valence-electron chi connectivity index (χ4n) is 6.97. The van der Waals surface area contributed by atoms with Crippen LogP contribution >= 0.6 is 0 Å². The van der Waals surface area contributed by atoms with E-state index in [2.05, 4.69) is 0 Å². The zero-order valence-corrected chi connectivity index (χ0v) is 23.4. The van der Waals surface area contributed by atoms with Crippen molar-refractivity contribution in [2.75, 3.05) is 19.1 Å². The third kappa shape index (κ3) is 4.06. The second-order valence-corrected chi connectivity index (χ2v) is 11.0. The number of aromatic hydroxyl groups is 2. The number of allylic oxidation sites excluding steroid dienone is 6. The molecule has 1 aliphatic heterocycles. The molecule has 4 atom stereocenters. The van der Waals surface area contributed by atoms with Gasteiger partial charge < -0.3 is 24.8 Å². The fraction of sp³-hybridized carbons (Fsp3) is 0.281. The first-order chi connectivity index (χ1) is 20.5. The van der Waals surface area contributed by atoms with Crippen molar-refractivity contribution in [1.29, 1.82) is 0 Å². The number of Topliss-reactive ketones (excluding diaryl/α,β-unsaturated/α-hetero) is 1. The van der Waals surface area contributed by atoms with Crippen LogP contribution in [0.5, 0.6) is 23.0 Å². The maximum Gasteiger partial charge on any atom is 0.339 e. The van der Waals surface area contributed by atoms with E-state index in [-0.39, 0.29) is 69.4 Å². The molecule has 11 nitrogen and oxygen atoms in total. The number of aromatic carboxylic acids is 1. The smallest absolute Gasteiger partial charge is 0.339 e. The number of ether oxygens (including phenoxy) is 2. The molecule has 0 saturated carbocycles. The van der Waals surface area contributed by atoms with Crippen LogP contribution < -0.4 is 14.4 Å². The maximum absolute atomic E-state index is 14.0. The van der Waals surface area contributed by atoms with E-state index >= 15 is 0 Å². The first kappa shape index (κ1) is 28.0. The Kier molecular flexibility index (Phi) is 6.48. The molecule has 1 fully saturated rings. The summed E-state index contributed by atoms with van der Waals surface area (Å²) >= 11 is 0. The molecule has 11 heteroatoms. The fourth-order valence-corrected chi connectivity index (χ4v) is 6.97. The first-order valence-corrected chi connectivity index (χ1v) is 13.6. The number of phenols is 2. The van der Waals surface area contributed by atoms with Crippen molar-refractivity contribution in [1.82, 2.24) is 0 Å². The Labute approximate surface area is 245 Å². The first-order valence-electron chi connectivity index (χ1n) is 13.6. The summed E-state index contributed by atoms with van der Waals surface area (Å²) in [5, 5.41) is 30.7.